The van der Waals surface area contributed by atoms with Crippen LogP contribution < -0.4 is 0 Å². The quantitative estimate of drug-likeness (QED) is 0.550. The molecule has 0 saturated carbocycles. The van der Waals surface area contributed by atoms with Gasteiger partial charge in [-0.15, -0.1) is 0 Å². The van der Waals surface area contributed by atoms with Crippen molar-refractivity contribution >= 4 is 11.8 Å². The number of rotatable bonds is 3. The van der Waals surface area contributed by atoms with Crippen molar-refractivity contribution in [3.8, 4) is 6.07 Å². The molecule has 0 aromatic heterocycles. The minimum atomic E-state index is 0.302. The molecule has 0 aliphatic carbocycles. The van der Waals surface area contributed by atoms with Gasteiger partial charge in [0.15, 0.2) is 0 Å². The van der Waals surface area contributed by atoms with Crippen molar-refractivity contribution in [2.45, 2.75) is 18.7 Å². The van der Waals surface area contributed by atoms with Crippen LogP contribution in [0, 0.1) is 17.2 Å². The third-order valence-corrected chi connectivity index (χ3v) is 2.73. The summed E-state index contributed by atoms with van der Waals surface area (Å²) in [4.78, 5) is 1.17. The first-order chi connectivity index (χ1) is 6.74. The Balaban J connectivity index is 2.68. The topological polar surface area (TPSA) is 23.8 Å². The van der Waals surface area contributed by atoms with E-state index in [0.29, 0.717) is 5.92 Å². The summed E-state index contributed by atoms with van der Waals surface area (Å²) >= 11 is 1.60. The minimum absolute atomic E-state index is 0.302. The molecule has 0 unspecified atom stereocenters. The molecule has 0 spiro atoms. The fraction of sp³-hybridized carbons (Fsp3) is 0.250. The smallest absolute Gasteiger partial charge is 0.0955 e. The maximum absolute atomic E-state index is 8.84. The van der Waals surface area contributed by atoms with Gasteiger partial charge in [0.25, 0.3) is 0 Å². The van der Waals surface area contributed by atoms with E-state index in [1.807, 2.05) is 49.6 Å². The van der Waals surface area contributed by atoms with Gasteiger partial charge in [-0.1, -0.05) is 43.8 Å². The molecule has 0 radical (unpaired) electrons. The van der Waals surface area contributed by atoms with Crippen LogP contribution in [0.1, 0.15) is 13.8 Å². The lowest BCUT2D eigenvalue weighted by molar-refractivity contribution is 0.798. The zero-order valence-electron chi connectivity index (χ0n) is 8.40. The summed E-state index contributed by atoms with van der Waals surface area (Å²) in [5.74, 6) is 0.302. The molecule has 1 rings (SSSR count). The molecule has 1 aromatic carbocycles. The largest absolute Gasteiger partial charge is 0.193 e. The van der Waals surface area contributed by atoms with Gasteiger partial charge in [-0.25, -0.2) is 0 Å². The van der Waals surface area contributed by atoms with Gasteiger partial charge in [0.2, 0.25) is 0 Å². The lowest BCUT2D eigenvalue weighted by atomic mass is 10.1. The van der Waals surface area contributed by atoms with Crippen LogP contribution >= 0.6 is 11.8 Å². The van der Waals surface area contributed by atoms with Crippen LogP contribution in [0.2, 0.25) is 0 Å². The molecule has 2 heteroatoms. The molecule has 0 heterocycles. The highest BCUT2D eigenvalue weighted by molar-refractivity contribution is 8.02. The van der Waals surface area contributed by atoms with Gasteiger partial charge >= 0.3 is 0 Å². The maximum Gasteiger partial charge on any atom is 0.0955 e. The van der Waals surface area contributed by atoms with Crippen molar-refractivity contribution in [1.29, 1.82) is 5.26 Å². The Hall–Kier alpha value is -1.20. The van der Waals surface area contributed by atoms with Gasteiger partial charge < -0.3 is 0 Å². The summed E-state index contributed by atoms with van der Waals surface area (Å²) in [6.07, 6.45) is 0. The first-order valence-electron chi connectivity index (χ1n) is 4.56. The van der Waals surface area contributed by atoms with Crippen molar-refractivity contribution in [3.05, 3.63) is 41.3 Å². The Bertz CT molecular complexity index is 346. The Labute approximate surface area is 89.4 Å². The second-order valence-corrected chi connectivity index (χ2v) is 4.21. The van der Waals surface area contributed by atoms with Gasteiger partial charge in [-0.05, 0) is 23.5 Å². The minimum Gasteiger partial charge on any atom is -0.193 e. The van der Waals surface area contributed by atoms with Crippen molar-refractivity contribution < 1.29 is 0 Å². The van der Waals surface area contributed by atoms with Crippen molar-refractivity contribution in [1.82, 2.24) is 0 Å². The van der Waals surface area contributed by atoms with Crippen molar-refractivity contribution in [2.75, 3.05) is 0 Å². The predicted molar refractivity (Wildman–Crippen MR) is 60.8 cm³/mol. The average molecular weight is 203 g/mol. The number of hydrogen-bond donors (Lipinski definition) is 0. The van der Waals surface area contributed by atoms with Gasteiger partial charge in [-0.2, -0.15) is 5.26 Å². The summed E-state index contributed by atoms with van der Waals surface area (Å²) in [6.45, 7) is 4.06. The van der Waals surface area contributed by atoms with E-state index in [4.69, 9.17) is 5.26 Å². The number of nitriles is 1. The standard InChI is InChI=1S/C12H13NS/c1-10(2)11(8-13)9-14-12-6-4-3-5-7-12/h3-7,9-10H,1-2H3. The third kappa shape index (κ3) is 3.27. The Morgan fingerprint density at radius 1 is 1.36 bits per heavy atom. The highest BCUT2D eigenvalue weighted by Gasteiger charge is 2.00. The monoisotopic (exact) mass is 203 g/mol. The predicted octanol–water partition coefficient (Wildman–Crippen LogP) is 3.84. The summed E-state index contributed by atoms with van der Waals surface area (Å²) in [5.41, 5.74) is 0.832. The zero-order valence-corrected chi connectivity index (χ0v) is 9.21. The molecular formula is C12H13NS. The highest BCUT2D eigenvalue weighted by Crippen LogP contribution is 2.22. The Morgan fingerprint density at radius 3 is 2.50 bits per heavy atom. The van der Waals surface area contributed by atoms with E-state index >= 15 is 0 Å². The molecule has 72 valence electrons. The molecule has 1 nitrogen and oxygen atoms in total. The van der Waals surface area contributed by atoms with Crippen LogP contribution in [0.3, 0.4) is 0 Å². The van der Waals surface area contributed by atoms with E-state index < -0.39 is 0 Å². The van der Waals surface area contributed by atoms with Gasteiger partial charge in [0.1, 0.15) is 0 Å². The molecule has 0 N–H and O–H groups in total. The number of thioether (sulfide) groups is 1. The summed E-state index contributed by atoms with van der Waals surface area (Å²) in [7, 11) is 0. The molecular weight excluding hydrogens is 190 g/mol. The summed E-state index contributed by atoms with van der Waals surface area (Å²) in [6, 6.07) is 12.3. The molecule has 0 fully saturated rings. The van der Waals surface area contributed by atoms with Gasteiger partial charge in [-0.3, -0.25) is 0 Å². The van der Waals surface area contributed by atoms with E-state index in [9.17, 15) is 0 Å². The van der Waals surface area contributed by atoms with Gasteiger partial charge in [0, 0.05) is 10.5 Å². The number of hydrogen-bond acceptors (Lipinski definition) is 2. The van der Waals surface area contributed by atoms with Crippen LogP contribution in [-0.2, 0) is 0 Å². The number of nitrogens with zero attached hydrogens (tertiary/aromatic N) is 1. The lowest BCUT2D eigenvalue weighted by Gasteiger charge is -2.01. The molecule has 0 atom stereocenters. The fourth-order valence-electron chi connectivity index (χ4n) is 0.922. The molecule has 14 heavy (non-hydrogen) atoms. The van der Waals surface area contributed by atoms with Crippen LogP contribution in [0.4, 0.5) is 0 Å². The molecule has 0 aliphatic heterocycles. The third-order valence-electron chi connectivity index (χ3n) is 1.82. The molecule has 0 saturated heterocycles. The highest BCUT2D eigenvalue weighted by atomic mass is 32.2. The van der Waals surface area contributed by atoms with Crippen molar-refractivity contribution in [3.63, 3.8) is 0 Å². The van der Waals surface area contributed by atoms with Crippen LogP contribution in [0.25, 0.3) is 0 Å². The summed E-state index contributed by atoms with van der Waals surface area (Å²) in [5, 5.41) is 10.8. The normalized spacial score (nSPS) is 11.4. The first-order valence-corrected chi connectivity index (χ1v) is 5.44. The number of allylic oxidation sites excluding steroid dienone is 1. The van der Waals surface area contributed by atoms with E-state index in [0.717, 1.165) is 5.57 Å². The Kier molecular flexibility index (Phi) is 4.28. The van der Waals surface area contributed by atoms with E-state index in [-0.39, 0.29) is 0 Å². The number of benzene rings is 1. The molecule has 0 amide bonds. The zero-order chi connectivity index (χ0) is 10.4. The molecule has 0 aliphatic rings. The fourth-order valence-corrected chi connectivity index (χ4v) is 1.82. The Morgan fingerprint density at radius 2 is 2.00 bits per heavy atom. The lowest BCUT2D eigenvalue weighted by Crippen LogP contribution is -1.88. The van der Waals surface area contributed by atoms with Gasteiger partial charge in [0.05, 0.1) is 6.07 Å². The maximum atomic E-state index is 8.84. The van der Waals surface area contributed by atoms with E-state index in [1.54, 1.807) is 11.8 Å². The van der Waals surface area contributed by atoms with E-state index in [2.05, 4.69) is 6.07 Å². The van der Waals surface area contributed by atoms with Crippen LogP contribution in [-0.4, -0.2) is 0 Å². The van der Waals surface area contributed by atoms with E-state index in [1.165, 1.54) is 4.90 Å². The molecule has 1 aromatic rings. The summed E-state index contributed by atoms with van der Waals surface area (Å²) < 4.78 is 0. The van der Waals surface area contributed by atoms with Crippen LogP contribution in [0.5, 0.6) is 0 Å². The second kappa shape index (κ2) is 5.51. The molecule has 0 bridgehead atoms. The van der Waals surface area contributed by atoms with Crippen LogP contribution in [0.15, 0.2) is 46.2 Å². The average Bonchev–Trinajstić information content (AvgIpc) is 2.20. The van der Waals surface area contributed by atoms with Crippen molar-refractivity contribution in [2.24, 2.45) is 5.92 Å². The first kappa shape index (κ1) is 10.9. The second-order valence-electron chi connectivity index (χ2n) is 3.27. The SMILES string of the molecule is CC(C)C(C#N)=CSc1ccccc1.